The molecule has 0 radical (unpaired) electrons. The van der Waals surface area contributed by atoms with Gasteiger partial charge in [0, 0.05) is 18.4 Å². The summed E-state index contributed by atoms with van der Waals surface area (Å²) in [6.07, 6.45) is 3.09. The number of ketones is 1. The number of hydrogen-bond acceptors (Lipinski definition) is 7. The molecule has 7 nitrogen and oxygen atoms in total. The van der Waals surface area contributed by atoms with Crippen LogP contribution in [-0.2, 0) is 19.1 Å². The highest BCUT2D eigenvalue weighted by Crippen LogP contribution is 2.73. The first kappa shape index (κ1) is 24.1. The molecule has 6 aliphatic rings. The summed E-state index contributed by atoms with van der Waals surface area (Å²) in [6.45, 7) is 8.24. The second-order valence-electron chi connectivity index (χ2n) is 13.0. The maximum Gasteiger partial charge on any atom is 0.334 e. The van der Waals surface area contributed by atoms with Crippen LogP contribution >= 0.6 is 0 Å². The molecule has 4 saturated carbocycles. The molecule has 2 heterocycles. The van der Waals surface area contributed by atoms with Gasteiger partial charge in [0.05, 0.1) is 24.2 Å². The molecule has 0 aromatic rings. The van der Waals surface area contributed by atoms with E-state index in [1.54, 1.807) is 6.92 Å². The molecule has 35 heavy (non-hydrogen) atoms. The molecular weight excluding hydrogens is 448 g/mol. The number of fused-ring (bicyclic) bond motifs is 4. The minimum absolute atomic E-state index is 0.00742. The third-order valence-electron chi connectivity index (χ3n) is 12.0. The lowest BCUT2D eigenvalue weighted by Crippen LogP contribution is -2.68. The molecule has 6 rings (SSSR count). The molecule has 1 saturated heterocycles. The van der Waals surface area contributed by atoms with E-state index in [9.17, 15) is 24.9 Å². The third-order valence-corrected chi connectivity index (χ3v) is 12.0. The van der Waals surface area contributed by atoms with Crippen LogP contribution in [0.3, 0.4) is 0 Å². The van der Waals surface area contributed by atoms with Crippen molar-refractivity contribution in [1.29, 1.82) is 0 Å². The van der Waals surface area contributed by atoms with Gasteiger partial charge >= 0.3 is 5.97 Å². The van der Waals surface area contributed by atoms with Gasteiger partial charge in [0.25, 0.3) is 0 Å². The van der Waals surface area contributed by atoms with E-state index in [1.165, 1.54) is 0 Å². The van der Waals surface area contributed by atoms with Crippen LogP contribution in [0.1, 0.15) is 72.6 Å². The molecule has 3 N–H and O–H groups in total. The zero-order valence-electron chi connectivity index (χ0n) is 21.3. The lowest BCUT2D eigenvalue weighted by atomic mass is 9.43. The Kier molecular flexibility index (Phi) is 5.24. The molecule has 2 aliphatic heterocycles. The number of aliphatic hydroxyl groups excluding tert-OH is 3. The van der Waals surface area contributed by atoms with Gasteiger partial charge in [0.1, 0.15) is 23.6 Å². The van der Waals surface area contributed by atoms with Crippen molar-refractivity contribution in [2.75, 3.05) is 6.61 Å². The summed E-state index contributed by atoms with van der Waals surface area (Å²) in [5, 5.41) is 31.1. The van der Waals surface area contributed by atoms with Crippen molar-refractivity contribution in [3.63, 3.8) is 0 Å². The summed E-state index contributed by atoms with van der Waals surface area (Å²) in [7, 11) is 0. The van der Waals surface area contributed by atoms with Gasteiger partial charge in [-0.05, 0) is 86.5 Å². The Labute approximate surface area is 207 Å². The average Bonchev–Trinajstić information content (AvgIpc) is 3.46. The predicted molar refractivity (Wildman–Crippen MR) is 126 cm³/mol. The van der Waals surface area contributed by atoms with E-state index in [0.717, 1.165) is 37.7 Å². The van der Waals surface area contributed by atoms with Crippen molar-refractivity contribution in [3.8, 4) is 0 Å². The monoisotopic (exact) mass is 488 g/mol. The van der Waals surface area contributed by atoms with Gasteiger partial charge in [-0.2, -0.15) is 0 Å². The van der Waals surface area contributed by atoms with Gasteiger partial charge in [-0.15, -0.1) is 0 Å². The first-order chi connectivity index (χ1) is 16.5. The van der Waals surface area contributed by atoms with Gasteiger partial charge < -0.3 is 24.8 Å². The molecule has 0 unspecified atom stereocenters. The van der Waals surface area contributed by atoms with E-state index < -0.39 is 23.2 Å². The van der Waals surface area contributed by atoms with Crippen molar-refractivity contribution in [3.05, 3.63) is 11.1 Å². The van der Waals surface area contributed by atoms with Gasteiger partial charge in [-0.3, -0.25) is 4.79 Å². The smallest absolute Gasteiger partial charge is 0.334 e. The van der Waals surface area contributed by atoms with E-state index >= 15 is 0 Å². The maximum absolute atomic E-state index is 13.4. The van der Waals surface area contributed by atoms with Gasteiger partial charge in [-0.25, -0.2) is 4.79 Å². The third kappa shape index (κ3) is 2.87. The number of cyclic esters (lactones) is 1. The Hall–Kier alpha value is -1.28. The van der Waals surface area contributed by atoms with Crippen LogP contribution in [0.5, 0.6) is 0 Å². The predicted octanol–water partition coefficient (Wildman–Crippen LogP) is 2.55. The lowest BCUT2D eigenvalue weighted by Gasteiger charge is -2.59. The average molecular weight is 489 g/mol. The largest absolute Gasteiger partial charge is 0.458 e. The Morgan fingerprint density at radius 2 is 1.83 bits per heavy atom. The summed E-state index contributed by atoms with van der Waals surface area (Å²) in [5.74, 6) is 1.29. The molecule has 5 fully saturated rings. The molecule has 0 bridgehead atoms. The summed E-state index contributed by atoms with van der Waals surface area (Å²) in [6, 6.07) is 0. The van der Waals surface area contributed by atoms with Crippen molar-refractivity contribution in [2.24, 2.45) is 40.4 Å². The number of Topliss-reactive ketones (excluding diaryl/α,β-unsaturated/α-hetero) is 1. The second kappa shape index (κ2) is 7.62. The number of rotatable bonds is 3. The number of carbonyl (C=O) groups excluding carboxylic acids is 2. The quantitative estimate of drug-likeness (QED) is 0.413. The van der Waals surface area contributed by atoms with E-state index in [0.29, 0.717) is 29.7 Å². The molecule has 4 aliphatic carbocycles. The van der Waals surface area contributed by atoms with Crippen molar-refractivity contribution in [2.45, 2.75) is 103 Å². The SMILES string of the molecule is CC1=C(CO)C[C@H]([C@@H](C)[C@H]2CC[C@@H]3[C@@H]4C[C@H]5O[C@]56[C@@H](O)[C@@H](O)CC(=O)[C@]6(C)[C@@H]4CC[C@]23C)OC1=O. The fourth-order valence-corrected chi connectivity index (χ4v) is 9.99. The summed E-state index contributed by atoms with van der Waals surface area (Å²) in [5.41, 5.74) is -0.241. The number of epoxide rings is 1. The molecule has 7 heteroatoms. The number of carbonyl (C=O) groups is 2. The standard InChI is InChI=1S/C28H40O7/c1-13-15(12-29)9-21(34-25(13)33)14(2)17-5-6-18-16-10-23-28(35-23)24(32)20(30)11-22(31)27(28,4)19(16)7-8-26(17,18)3/h14,16-21,23-24,29-30,32H,5-12H2,1-4H3/t14-,16-,17+,18+,19+,20-,21+,23+,24-,26+,27-,28-/m0/s1. The minimum Gasteiger partial charge on any atom is -0.458 e. The Bertz CT molecular complexity index is 990. The minimum atomic E-state index is -1.04. The fraction of sp³-hybridized carbons (Fsp3) is 0.857. The first-order valence-electron chi connectivity index (χ1n) is 13.6. The summed E-state index contributed by atoms with van der Waals surface area (Å²) < 4.78 is 12.1. The Morgan fingerprint density at radius 3 is 2.54 bits per heavy atom. The zero-order valence-corrected chi connectivity index (χ0v) is 21.3. The van der Waals surface area contributed by atoms with Crippen molar-refractivity contribution >= 4 is 11.8 Å². The van der Waals surface area contributed by atoms with E-state index in [-0.39, 0.29) is 54.2 Å². The molecule has 0 aromatic carbocycles. The van der Waals surface area contributed by atoms with Crippen LogP contribution in [0.2, 0.25) is 0 Å². The Morgan fingerprint density at radius 1 is 1.09 bits per heavy atom. The highest BCUT2D eigenvalue weighted by atomic mass is 16.6. The molecular formula is C28H40O7. The zero-order chi connectivity index (χ0) is 25.1. The first-order valence-corrected chi connectivity index (χ1v) is 13.6. The van der Waals surface area contributed by atoms with Crippen LogP contribution in [-0.4, -0.2) is 63.7 Å². The van der Waals surface area contributed by atoms with E-state index in [2.05, 4.69) is 13.8 Å². The van der Waals surface area contributed by atoms with Crippen LogP contribution in [0.4, 0.5) is 0 Å². The van der Waals surface area contributed by atoms with Crippen LogP contribution in [0.25, 0.3) is 0 Å². The van der Waals surface area contributed by atoms with Gasteiger partial charge in [-0.1, -0.05) is 13.8 Å². The molecule has 12 atom stereocenters. The van der Waals surface area contributed by atoms with Crippen LogP contribution < -0.4 is 0 Å². The summed E-state index contributed by atoms with van der Waals surface area (Å²) in [4.78, 5) is 25.9. The number of hydrogen-bond donors (Lipinski definition) is 3. The van der Waals surface area contributed by atoms with Gasteiger partial charge in [0.2, 0.25) is 0 Å². The summed E-state index contributed by atoms with van der Waals surface area (Å²) >= 11 is 0. The van der Waals surface area contributed by atoms with E-state index in [1.807, 2.05) is 6.92 Å². The van der Waals surface area contributed by atoms with E-state index in [4.69, 9.17) is 9.47 Å². The number of aliphatic hydroxyl groups is 3. The second-order valence-corrected chi connectivity index (χ2v) is 13.0. The highest BCUT2D eigenvalue weighted by molar-refractivity contribution is 5.90. The Balaban J connectivity index is 1.27. The topological polar surface area (TPSA) is 117 Å². The molecule has 0 aromatic heterocycles. The molecule has 194 valence electrons. The normalized spacial score (nSPS) is 53.8. The van der Waals surface area contributed by atoms with Crippen LogP contribution in [0, 0.1) is 40.4 Å². The maximum atomic E-state index is 13.4. The van der Waals surface area contributed by atoms with Crippen molar-refractivity contribution < 1.29 is 34.4 Å². The fourth-order valence-electron chi connectivity index (χ4n) is 9.99. The van der Waals surface area contributed by atoms with Crippen LogP contribution in [0.15, 0.2) is 11.1 Å². The lowest BCUT2D eigenvalue weighted by molar-refractivity contribution is -0.180. The molecule has 0 amide bonds. The highest BCUT2D eigenvalue weighted by Gasteiger charge is 2.82. The van der Waals surface area contributed by atoms with Crippen molar-refractivity contribution in [1.82, 2.24) is 0 Å². The molecule has 1 spiro atoms. The number of ether oxygens (including phenoxy) is 2. The number of esters is 1. The van der Waals surface area contributed by atoms with Gasteiger partial charge in [0.15, 0.2) is 0 Å².